The summed E-state index contributed by atoms with van der Waals surface area (Å²) in [6, 6.07) is -1.02. The molecule has 0 aliphatic heterocycles. The van der Waals surface area contributed by atoms with Crippen molar-refractivity contribution in [1.82, 2.24) is 4.72 Å². The largest absolute Gasteiger partial charge is 0.480 e. The number of nitrogens with one attached hydrogen (secondary N) is 1. The van der Waals surface area contributed by atoms with Crippen LogP contribution in [-0.4, -0.2) is 31.3 Å². The summed E-state index contributed by atoms with van der Waals surface area (Å²) in [5, 5.41) is 8.64. The first-order valence-electron chi connectivity index (χ1n) is 4.51. The molecule has 6 heteroatoms. The van der Waals surface area contributed by atoms with E-state index in [-0.39, 0.29) is 18.1 Å². The lowest BCUT2D eigenvalue weighted by atomic mass is 10.2. The van der Waals surface area contributed by atoms with Crippen molar-refractivity contribution in [2.24, 2.45) is 5.92 Å². The number of aliphatic carboxylic acids is 1. The van der Waals surface area contributed by atoms with Crippen LogP contribution < -0.4 is 4.72 Å². The second-order valence-corrected chi connectivity index (χ2v) is 5.39. The second kappa shape index (κ2) is 5.31. The molecule has 0 heterocycles. The van der Waals surface area contributed by atoms with Crippen molar-refractivity contribution in [3.63, 3.8) is 0 Å². The van der Waals surface area contributed by atoms with E-state index in [4.69, 9.17) is 5.11 Å². The van der Waals surface area contributed by atoms with Gasteiger partial charge in [-0.25, -0.2) is 13.1 Å². The summed E-state index contributed by atoms with van der Waals surface area (Å²) < 4.78 is 24.8. The summed E-state index contributed by atoms with van der Waals surface area (Å²) in [6.45, 7) is 5.15. The Morgan fingerprint density at radius 1 is 1.43 bits per heavy atom. The van der Waals surface area contributed by atoms with E-state index >= 15 is 0 Å². The van der Waals surface area contributed by atoms with Crippen molar-refractivity contribution >= 4 is 16.0 Å². The van der Waals surface area contributed by atoms with Gasteiger partial charge in [-0.3, -0.25) is 4.79 Å². The highest BCUT2D eigenvalue weighted by Crippen LogP contribution is 2.01. The van der Waals surface area contributed by atoms with Gasteiger partial charge in [0.25, 0.3) is 0 Å². The average Bonchev–Trinajstić information content (AvgIpc) is 1.97. The normalized spacial score (nSPS) is 14.3. The maximum absolute atomic E-state index is 11.3. The molecule has 0 saturated heterocycles. The number of hydrogen-bond donors (Lipinski definition) is 2. The zero-order valence-corrected chi connectivity index (χ0v) is 9.47. The van der Waals surface area contributed by atoms with Gasteiger partial charge in [0.05, 0.1) is 5.75 Å². The Balaban J connectivity index is 4.41. The number of hydrogen-bond acceptors (Lipinski definition) is 3. The van der Waals surface area contributed by atoms with Gasteiger partial charge < -0.3 is 5.11 Å². The Morgan fingerprint density at radius 3 is 2.21 bits per heavy atom. The second-order valence-electron chi connectivity index (χ2n) is 3.59. The minimum atomic E-state index is -3.47. The average molecular weight is 223 g/mol. The molecule has 0 radical (unpaired) electrons. The standard InChI is InChI=1S/C8H17NO4S/c1-4-7(8(10)11)9-14(12,13)5-6(2)3/h6-7,9H,4-5H2,1-3H3,(H,10,11)/t7-/m0/s1. The Hall–Kier alpha value is -0.620. The lowest BCUT2D eigenvalue weighted by Gasteiger charge is -2.13. The Morgan fingerprint density at radius 2 is 1.93 bits per heavy atom. The SMILES string of the molecule is CC[C@H](NS(=O)(=O)CC(C)C)C(=O)O. The topological polar surface area (TPSA) is 83.5 Å². The fourth-order valence-electron chi connectivity index (χ4n) is 1.01. The van der Waals surface area contributed by atoms with Crippen LogP contribution in [0.4, 0.5) is 0 Å². The highest BCUT2D eigenvalue weighted by molar-refractivity contribution is 7.89. The molecule has 0 spiro atoms. The van der Waals surface area contributed by atoms with Gasteiger partial charge in [-0.1, -0.05) is 20.8 Å². The number of sulfonamides is 1. The molecule has 0 aromatic rings. The third-order valence-electron chi connectivity index (χ3n) is 1.58. The predicted octanol–water partition coefficient (Wildman–Crippen LogP) is 0.425. The molecule has 0 saturated carbocycles. The van der Waals surface area contributed by atoms with Gasteiger partial charge in [-0.15, -0.1) is 0 Å². The molecule has 0 aliphatic carbocycles. The van der Waals surface area contributed by atoms with Crippen LogP contribution in [0.3, 0.4) is 0 Å². The van der Waals surface area contributed by atoms with Crippen LogP contribution >= 0.6 is 0 Å². The third kappa shape index (κ3) is 5.18. The summed E-state index contributed by atoms with van der Waals surface area (Å²) in [5.74, 6) is -1.20. The van der Waals surface area contributed by atoms with Crippen LogP contribution in [-0.2, 0) is 14.8 Å². The minimum Gasteiger partial charge on any atom is -0.480 e. The molecule has 0 unspecified atom stereocenters. The summed E-state index contributed by atoms with van der Waals surface area (Å²) in [6.07, 6.45) is 0.243. The molecular weight excluding hydrogens is 206 g/mol. The molecule has 0 amide bonds. The van der Waals surface area contributed by atoms with Crippen LogP contribution in [0.25, 0.3) is 0 Å². The van der Waals surface area contributed by atoms with Gasteiger partial charge in [0, 0.05) is 0 Å². The van der Waals surface area contributed by atoms with E-state index in [1.165, 1.54) is 0 Å². The van der Waals surface area contributed by atoms with E-state index in [0.717, 1.165) is 0 Å². The Kier molecular flexibility index (Phi) is 5.07. The molecule has 84 valence electrons. The zero-order chi connectivity index (χ0) is 11.4. The van der Waals surface area contributed by atoms with Gasteiger partial charge in [0.15, 0.2) is 0 Å². The molecule has 0 aromatic carbocycles. The number of carboxylic acid groups (broad SMARTS) is 1. The quantitative estimate of drug-likeness (QED) is 0.683. The molecule has 0 fully saturated rings. The van der Waals surface area contributed by atoms with Gasteiger partial charge >= 0.3 is 5.97 Å². The summed E-state index contributed by atoms with van der Waals surface area (Å²) in [4.78, 5) is 10.6. The third-order valence-corrected chi connectivity index (χ3v) is 3.33. The van der Waals surface area contributed by atoms with Gasteiger partial charge in [-0.05, 0) is 12.3 Å². The lowest BCUT2D eigenvalue weighted by molar-refractivity contribution is -0.139. The first-order valence-corrected chi connectivity index (χ1v) is 6.16. The maximum Gasteiger partial charge on any atom is 0.321 e. The molecule has 2 N–H and O–H groups in total. The molecular formula is C8H17NO4S. The summed E-state index contributed by atoms with van der Waals surface area (Å²) in [7, 11) is -3.47. The van der Waals surface area contributed by atoms with E-state index < -0.39 is 22.0 Å². The molecule has 0 aliphatic rings. The lowest BCUT2D eigenvalue weighted by Crippen LogP contribution is -2.42. The molecule has 14 heavy (non-hydrogen) atoms. The van der Waals surface area contributed by atoms with E-state index in [9.17, 15) is 13.2 Å². The van der Waals surface area contributed by atoms with Crippen LogP contribution in [0.1, 0.15) is 27.2 Å². The summed E-state index contributed by atoms with van der Waals surface area (Å²) in [5.41, 5.74) is 0. The smallest absolute Gasteiger partial charge is 0.321 e. The number of rotatable bonds is 6. The van der Waals surface area contributed by atoms with Crippen LogP contribution in [0, 0.1) is 5.92 Å². The van der Waals surface area contributed by atoms with Gasteiger partial charge in [-0.2, -0.15) is 0 Å². The molecule has 0 aromatic heterocycles. The number of carboxylic acids is 1. The minimum absolute atomic E-state index is 0.0150. The van der Waals surface area contributed by atoms with Crippen molar-refractivity contribution in [1.29, 1.82) is 0 Å². The highest BCUT2D eigenvalue weighted by atomic mass is 32.2. The van der Waals surface area contributed by atoms with Crippen LogP contribution in [0.2, 0.25) is 0 Å². The molecule has 0 bridgehead atoms. The maximum atomic E-state index is 11.3. The van der Waals surface area contributed by atoms with Crippen molar-refractivity contribution in [3.05, 3.63) is 0 Å². The number of carbonyl (C=O) groups is 1. The Labute approximate surface area is 84.6 Å². The van der Waals surface area contributed by atoms with E-state index in [1.54, 1.807) is 20.8 Å². The van der Waals surface area contributed by atoms with E-state index in [0.29, 0.717) is 0 Å². The van der Waals surface area contributed by atoms with Crippen molar-refractivity contribution < 1.29 is 18.3 Å². The molecule has 5 nitrogen and oxygen atoms in total. The van der Waals surface area contributed by atoms with E-state index in [1.807, 2.05) is 0 Å². The highest BCUT2D eigenvalue weighted by Gasteiger charge is 2.22. The van der Waals surface area contributed by atoms with Gasteiger partial charge in [0.2, 0.25) is 10.0 Å². The first-order chi connectivity index (χ1) is 6.28. The molecule has 1 atom stereocenters. The Bertz CT molecular complexity index is 284. The predicted molar refractivity (Wildman–Crippen MR) is 53.5 cm³/mol. The van der Waals surface area contributed by atoms with Crippen molar-refractivity contribution in [2.45, 2.75) is 33.2 Å². The monoisotopic (exact) mass is 223 g/mol. The fourth-order valence-corrected chi connectivity index (χ4v) is 2.69. The molecule has 0 rings (SSSR count). The van der Waals surface area contributed by atoms with Crippen molar-refractivity contribution in [3.8, 4) is 0 Å². The summed E-state index contributed by atoms with van der Waals surface area (Å²) >= 11 is 0. The van der Waals surface area contributed by atoms with Crippen LogP contribution in [0.5, 0.6) is 0 Å². The van der Waals surface area contributed by atoms with Gasteiger partial charge in [0.1, 0.15) is 6.04 Å². The zero-order valence-electron chi connectivity index (χ0n) is 8.65. The fraction of sp³-hybridized carbons (Fsp3) is 0.875. The first kappa shape index (κ1) is 13.4. The van der Waals surface area contributed by atoms with Crippen molar-refractivity contribution in [2.75, 3.05) is 5.75 Å². The van der Waals surface area contributed by atoms with E-state index in [2.05, 4.69) is 4.72 Å². The van der Waals surface area contributed by atoms with Crippen LogP contribution in [0.15, 0.2) is 0 Å².